The van der Waals surface area contributed by atoms with Crippen LogP contribution in [0.4, 0.5) is 0 Å². The number of nitrogens with one attached hydrogen (secondary N) is 1. The van der Waals surface area contributed by atoms with Crippen molar-refractivity contribution in [3.63, 3.8) is 0 Å². The van der Waals surface area contributed by atoms with Gasteiger partial charge in [-0.15, -0.1) is 0 Å². The van der Waals surface area contributed by atoms with E-state index in [-0.39, 0.29) is 6.61 Å². The molecule has 0 aliphatic carbocycles. The lowest BCUT2D eigenvalue weighted by molar-refractivity contribution is 0.210. The Morgan fingerprint density at radius 2 is 2.21 bits per heavy atom. The molecule has 1 aliphatic heterocycles. The first kappa shape index (κ1) is 9.71. The van der Waals surface area contributed by atoms with Gasteiger partial charge in [-0.2, -0.15) is 0 Å². The highest BCUT2D eigenvalue weighted by Crippen LogP contribution is 2.13. The van der Waals surface area contributed by atoms with Gasteiger partial charge in [-0.05, 0) is 6.07 Å². The van der Waals surface area contributed by atoms with Crippen LogP contribution in [0.25, 0.3) is 0 Å². The lowest BCUT2D eigenvalue weighted by Gasteiger charge is -2.26. The lowest BCUT2D eigenvalue weighted by atomic mass is 10.2. The van der Waals surface area contributed by atoms with Crippen molar-refractivity contribution >= 4 is 0 Å². The van der Waals surface area contributed by atoms with Crippen LogP contribution in [0, 0.1) is 0 Å². The van der Waals surface area contributed by atoms with Crippen LogP contribution in [0.3, 0.4) is 0 Å². The van der Waals surface area contributed by atoms with E-state index >= 15 is 0 Å². The predicted octanol–water partition coefficient (Wildman–Crippen LogP) is 0.177. The molecule has 2 heterocycles. The van der Waals surface area contributed by atoms with Crippen molar-refractivity contribution in [2.24, 2.45) is 0 Å². The topological polar surface area (TPSA) is 48.6 Å². The Labute approximate surface area is 83.5 Å². The number of aliphatic hydroxyl groups is 1. The fourth-order valence-electron chi connectivity index (χ4n) is 1.72. The van der Waals surface area contributed by atoms with Crippen LogP contribution in [0.1, 0.15) is 11.3 Å². The summed E-state index contributed by atoms with van der Waals surface area (Å²) in [7, 11) is 0. The molecule has 78 valence electrons. The first-order chi connectivity index (χ1) is 6.90. The molecule has 0 radical (unpaired) electrons. The molecule has 14 heavy (non-hydrogen) atoms. The van der Waals surface area contributed by atoms with Crippen LogP contribution in [0.15, 0.2) is 16.7 Å². The van der Waals surface area contributed by atoms with Gasteiger partial charge in [0.2, 0.25) is 0 Å². The van der Waals surface area contributed by atoms with Crippen LogP contribution in [-0.4, -0.2) is 36.2 Å². The van der Waals surface area contributed by atoms with Crippen molar-refractivity contribution in [1.29, 1.82) is 0 Å². The minimum atomic E-state index is 0.0674. The third kappa shape index (κ3) is 2.15. The van der Waals surface area contributed by atoms with Crippen LogP contribution in [0.2, 0.25) is 0 Å². The summed E-state index contributed by atoms with van der Waals surface area (Å²) in [5, 5.41) is 12.3. The lowest BCUT2D eigenvalue weighted by Crippen LogP contribution is -2.42. The van der Waals surface area contributed by atoms with E-state index in [1.807, 2.05) is 6.07 Å². The van der Waals surface area contributed by atoms with Crippen molar-refractivity contribution in [1.82, 2.24) is 10.2 Å². The first-order valence-electron chi connectivity index (χ1n) is 4.99. The third-order valence-corrected chi connectivity index (χ3v) is 2.58. The standard InChI is InChI=1S/C10H16N2O2/c13-8-9-1-6-14-10(9)7-12-4-2-11-3-5-12/h1,6,11,13H,2-5,7-8H2. The zero-order valence-corrected chi connectivity index (χ0v) is 8.20. The highest BCUT2D eigenvalue weighted by atomic mass is 16.3. The second-order valence-electron chi connectivity index (χ2n) is 3.55. The molecular formula is C10H16N2O2. The molecule has 0 saturated carbocycles. The van der Waals surface area contributed by atoms with Crippen molar-refractivity contribution in [3.8, 4) is 0 Å². The molecule has 1 aromatic rings. The van der Waals surface area contributed by atoms with Crippen molar-refractivity contribution in [2.75, 3.05) is 26.2 Å². The molecule has 1 aromatic heterocycles. The molecule has 0 aromatic carbocycles. The van der Waals surface area contributed by atoms with Gasteiger partial charge in [-0.25, -0.2) is 0 Å². The van der Waals surface area contributed by atoms with Crippen molar-refractivity contribution < 1.29 is 9.52 Å². The number of rotatable bonds is 3. The Bertz CT molecular complexity index is 279. The minimum Gasteiger partial charge on any atom is -0.468 e. The highest BCUT2D eigenvalue weighted by Gasteiger charge is 2.13. The number of hydrogen-bond donors (Lipinski definition) is 2. The van der Waals surface area contributed by atoms with Gasteiger partial charge in [0.05, 0.1) is 19.4 Å². The molecule has 0 bridgehead atoms. The number of furan rings is 1. The molecule has 1 saturated heterocycles. The Morgan fingerprint density at radius 3 is 2.93 bits per heavy atom. The van der Waals surface area contributed by atoms with Crippen molar-refractivity contribution in [2.45, 2.75) is 13.2 Å². The molecule has 2 N–H and O–H groups in total. The minimum absolute atomic E-state index is 0.0674. The largest absolute Gasteiger partial charge is 0.468 e. The molecular weight excluding hydrogens is 180 g/mol. The van der Waals surface area contributed by atoms with Crippen molar-refractivity contribution in [3.05, 3.63) is 23.7 Å². The molecule has 0 amide bonds. The van der Waals surface area contributed by atoms with E-state index in [0.717, 1.165) is 44.0 Å². The predicted molar refractivity (Wildman–Crippen MR) is 52.8 cm³/mol. The van der Waals surface area contributed by atoms with Gasteiger partial charge < -0.3 is 14.8 Å². The maximum atomic E-state index is 9.05. The van der Waals surface area contributed by atoms with Gasteiger partial charge in [0.15, 0.2) is 0 Å². The van der Waals surface area contributed by atoms with Crippen LogP contribution < -0.4 is 5.32 Å². The summed E-state index contributed by atoms with van der Waals surface area (Å²) in [6.07, 6.45) is 1.64. The average molecular weight is 196 g/mol. The maximum Gasteiger partial charge on any atom is 0.123 e. The van der Waals surface area contributed by atoms with Crippen LogP contribution >= 0.6 is 0 Å². The van der Waals surface area contributed by atoms with Crippen LogP contribution in [-0.2, 0) is 13.2 Å². The highest BCUT2D eigenvalue weighted by molar-refractivity contribution is 5.15. The zero-order chi connectivity index (χ0) is 9.80. The number of nitrogens with zero attached hydrogens (tertiary/aromatic N) is 1. The summed E-state index contributed by atoms with van der Waals surface area (Å²) in [6.45, 7) is 5.05. The van der Waals surface area contributed by atoms with Gasteiger partial charge >= 0.3 is 0 Å². The summed E-state index contributed by atoms with van der Waals surface area (Å²) in [4.78, 5) is 2.33. The average Bonchev–Trinajstić information content (AvgIpc) is 2.67. The van der Waals surface area contributed by atoms with E-state index < -0.39 is 0 Å². The fourth-order valence-corrected chi connectivity index (χ4v) is 1.72. The molecule has 1 fully saturated rings. The quantitative estimate of drug-likeness (QED) is 0.724. The monoisotopic (exact) mass is 196 g/mol. The van der Waals surface area contributed by atoms with E-state index in [4.69, 9.17) is 9.52 Å². The molecule has 4 nitrogen and oxygen atoms in total. The van der Waals surface area contributed by atoms with E-state index in [0.29, 0.717) is 0 Å². The summed E-state index contributed by atoms with van der Waals surface area (Å²) >= 11 is 0. The molecule has 0 spiro atoms. The van der Waals surface area contributed by atoms with E-state index in [9.17, 15) is 0 Å². The van der Waals surface area contributed by atoms with E-state index in [2.05, 4.69) is 10.2 Å². The first-order valence-corrected chi connectivity index (χ1v) is 4.99. The van der Waals surface area contributed by atoms with Crippen LogP contribution in [0.5, 0.6) is 0 Å². The summed E-state index contributed by atoms with van der Waals surface area (Å²) < 4.78 is 5.34. The summed E-state index contributed by atoms with van der Waals surface area (Å²) in [5.74, 6) is 0.898. The van der Waals surface area contributed by atoms with Gasteiger partial charge in [0.1, 0.15) is 5.76 Å². The van der Waals surface area contributed by atoms with E-state index in [1.165, 1.54) is 0 Å². The molecule has 2 rings (SSSR count). The van der Waals surface area contributed by atoms with E-state index in [1.54, 1.807) is 6.26 Å². The number of piperazine rings is 1. The second-order valence-corrected chi connectivity index (χ2v) is 3.55. The molecule has 4 heteroatoms. The summed E-state index contributed by atoms with van der Waals surface area (Å²) in [5.41, 5.74) is 0.906. The Kier molecular flexibility index (Phi) is 3.18. The number of aliphatic hydroxyl groups excluding tert-OH is 1. The molecule has 0 unspecified atom stereocenters. The smallest absolute Gasteiger partial charge is 0.123 e. The molecule has 0 atom stereocenters. The normalized spacial score (nSPS) is 18.6. The SMILES string of the molecule is OCc1ccoc1CN1CCNCC1. The Balaban J connectivity index is 1.95. The van der Waals surface area contributed by atoms with Gasteiger partial charge in [0.25, 0.3) is 0 Å². The molecule has 1 aliphatic rings. The van der Waals surface area contributed by atoms with Gasteiger partial charge in [0, 0.05) is 31.7 Å². The van der Waals surface area contributed by atoms with Gasteiger partial charge in [-0.3, -0.25) is 4.90 Å². The number of hydrogen-bond acceptors (Lipinski definition) is 4. The second kappa shape index (κ2) is 4.59. The fraction of sp³-hybridized carbons (Fsp3) is 0.600. The summed E-state index contributed by atoms with van der Waals surface area (Å²) in [6, 6.07) is 1.83. The zero-order valence-electron chi connectivity index (χ0n) is 8.20. The Hall–Kier alpha value is -0.840. The third-order valence-electron chi connectivity index (χ3n) is 2.58. The Morgan fingerprint density at radius 1 is 1.43 bits per heavy atom. The van der Waals surface area contributed by atoms with Gasteiger partial charge in [-0.1, -0.05) is 0 Å². The maximum absolute atomic E-state index is 9.05.